The van der Waals surface area contributed by atoms with E-state index in [1.807, 2.05) is 23.6 Å². The van der Waals surface area contributed by atoms with E-state index in [9.17, 15) is 0 Å². The molecule has 0 aliphatic carbocycles. The zero-order chi connectivity index (χ0) is 14.1. The number of nitrogens with zero attached hydrogens (tertiary/aromatic N) is 2. The molecular formula is C15H22N4S. The van der Waals surface area contributed by atoms with Crippen LogP contribution < -0.4 is 10.6 Å². The first-order chi connectivity index (χ1) is 9.63. The molecule has 1 aliphatic heterocycles. The Labute approximate surface area is 124 Å². The highest BCUT2D eigenvalue weighted by molar-refractivity contribution is 7.12. The molecular weight excluding hydrogens is 268 g/mol. The van der Waals surface area contributed by atoms with Gasteiger partial charge in [-0.3, -0.25) is 0 Å². The van der Waals surface area contributed by atoms with Crippen LogP contribution in [0.5, 0.6) is 0 Å². The highest BCUT2D eigenvalue weighted by Gasteiger charge is 2.19. The number of hydrogen-bond acceptors (Lipinski definition) is 4. The number of fused-ring (bicyclic) bond motifs is 1. The Balaban J connectivity index is 1.56. The summed E-state index contributed by atoms with van der Waals surface area (Å²) >= 11 is 1.88. The molecule has 3 rings (SSSR count). The normalized spacial score (nSPS) is 19.4. The Morgan fingerprint density at radius 2 is 2.40 bits per heavy atom. The van der Waals surface area contributed by atoms with Crippen molar-refractivity contribution in [1.82, 2.24) is 15.1 Å². The molecule has 0 radical (unpaired) electrons. The van der Waals surface area contributed by atoms with Crippen LogP contribution in [0.15, 0.2) is 18.3 Å². The maximum absolute atomic E-state index is 4.34. The van der Waals surface area contributed by atoms with E-state index in [4.69, 9.17) is 0 Å². The van der Waals surface area contributed by atoms with Crippen LogP contribution in [-0.4, -0.2) is 22.9 Å². The van der Waals surface area contributed by atoms with E-state index in [1.165, 1.54) is 15.3 Å². The largest absolute Gasteiger partial charge is 0.370 e. The summed E-state index contributed by atoms with van der Waals surface area (Å²) in [7, 11) is 0. The molecule has 108 valence electrons. The van der Waals surface area contributed by atoms with Crippen LogP contribution in [-0.2, 0) is 6.54 Å². The van der Waals surface area contributed by atoms with Crippen molar-refractivity contribution in [1.29, 1.82) is 0 Å². The summed E-state index contributed by atoms with van der Waals surface area (Å²) in [5.74, 6) is 1.73. The molecule has 20 heavy (non-hydrogen) atoms. The van der Waals surface area contributed by atoms with E-state index < -0.39 is 0 Å². The van der Waals surface area contributed by atoms with Crippen LogP contribution in [0.2, 0.25) is 0 Å². The lowest BCUT2D eigenvalue weighted by atomic mass is 10.1. The van der Waals surface area contributed by atoms with Gasteiger partial charge in [-0.05, 0) is 32.4 Å². The molecule has 4 nitrogen and oxygen atoms in total. The van der Waals surface area contributed by atoms with Gasteiger partial charge in [-0.2, -0.15) is 5.10 Å². The number of hydrogen-bond donors (Lipinski definition) is 2. The van der Waals surface area contributed by atoms with Crippen molar-refractivity contribution >= 4 is 17.2 Å². The molecule has 2 aromatic rings. The van der Waals surface area contributed by atoms with Crippen molar-refractivity contribution in [2.75, 3.05) is 18.4 Å². The van der Waals surface area contributed by atoms with Crippen molar-refractivity contribution in [3.63, 3.8) is 0 Å². The third-order valence-corrected chi connectivity index (χ3v) is 4.96. The van der Waals surface area contributed by atoms with Crippen molar-refractivity contribution in [2.45, 2.75) is 33.4 Å². The zero-order valence-electron chi connectivity index (χ0n) is 12.3. The van der Waals surface area contributed by atoms with Crippen LogP contribution in [0.3, 0.4) is 0 Å². The second kappa shape index (κ2) is 5.58. The van der Waals surface area contributed by atoms with E-state index in [0.717, 1.165) is 25.5 Å². The van der Waals surface area contributed by atoms with Gasteiger partial charge in [0.1, 0.15) is 5.82 Å². The predicted octanol–water partition coefficient (Wildman–Crippen LogP) is 2.95. The predicted molar refractivity (Wildman–Crippen MR) is 84.4 cm³/mol. The molecule has 5 heteroatoms. The molecule has 2 atom stereocenters. The molecule has 0 fully saturated rings. The summed E-state index contributed by atoms with van der Waals surface area (Å²) in [5, 5.41) is 11.4. The van der Waals surface area contributed by atoms with Gasteiger partial charge in [0.05, 0.1) is 6.20 Å². The van der Waals surface area contributed by atoms with Gasteiger partial charge in [0.25, 0.3) is 0 Å². The maximum Gasteiger partial charge on any atom is 0.124 e. The Morgan fingerprint density at radius 3 is 3.15 bits per heavy atom. The van der Waals surface area contributed by atoms with Crippen LogP contribution in [0.4, 0.5) is 5.82 Å². The summed E-state index contributed by atoms with van der Waals surface area (Å²) in [6.07, 6.45) is 1.86. The fourth-order valence-electron chi connectivity index (χ4n) is 2.86. The van der Waals surface area contributed by atoms with E-state index >= 15 is 0 Å². The molecule has 0 bridgehead atoms. The third kappa shape index (κ3) is 2.74. The average molecular weight is 290 g/mol. The minimum atomic E-state index is 0.416. The summed E-state index contributed by atoms with van der Waals surface area (Å²) in [4.78, 5) is 2.82. The Morgan fingerprint density at radius 1 is 1.55 bits per heavy atom. The van der Waals surface area contributed by atoms with Crippen LogP contribution in [0, 0.1) is 19.8 Å². The highest BCUT2D eigenvalue weighted by Crippen LogP contribution is 2.26. The molecule has 0 amide bonds. The quantitative estimate of drug-likeness (QED) is 0.909. The number of aromatic nitrogens is 2. The zero-order valence-corrected chi connectivity index (χ0v) is 13.1. The summed E-state index contributed by atoms with van der Waals surface area (Å²) in [6.45, 7) is 9.68. The first kappa shape index (κ1) is 13.6. The van der Waals surface area contributed by atoms with Gasteiger partial charge in [-0.1, -0.05) is 0 Å². The summed E-state index contributed by atoms with van der Waals surface area (Å²) in [6, 6.07) is 4.76. The first-order valence-electron chi connectivity index (χ1n) is 7.19. The standard InChI is InChI=1S/C15H22N4S/c1-10-6-14(12(3)20-10)11(2)16-7-13-8-17-15-4-5-18-19(15)9-13/h4-6,11,13,16-17H,7-9H2,1-3H3. The maximum atomic E-state index is 4.34. The van der Waals surface area contributed by atoms with Gasteiger partial charge in [-0.25, -0.2) is 4.68 Å². The second-order valence-electron chi connectivity index (χ2n) is 5.64. The van der Waals surface area contributed by atoms with Crippen molar-refractivity contribution in [3.8, 4) is 0 Å². The summed E-state index contributed by atoms with van der Waals surface area (Å²) in [5.41, 5.74) is 1.44. The lowest BCUT2D eigenvalue weighted by Crippen LogP contribution is -2.36. The van der Waals surface area contributed by atoms with Crippen LogP contribution in [0.25, 0.3) is 0 Å². The number of nitrogens with one attached hydrogen (secondary N) is 2. The van der Waals surface area contributed by atoms with Gasteiger partial charge in [-0.15, -0.1) is 11.3 Å². The van der Waals surface area contributed by atoms with Crippen molar-refractivity contribution in [2.24, 2.45) is 5.92 Å². The third-order valence-electron chi connectivity index (χ3n) is 3.98. The van der Waals surface area contributed by atoms with E-state index in [-0.39, 0.29) is 0 Å². The van der Waals surface area contributed by atoms with E-state index in [2.05, 4.69) is 47.3 Å². The molecule has 2 unspecified atom stereocenters. The van der Waals surface area contributed by atoms with Gasteiger partial charge >= 0.3 is 0 Å². The Bertz CT molecular complexity index is 586. The Kier molecular flexibility index (Phi) is 3.81. The number of aryl methyl sites for hydroxylation is 2. The second-order valence-corrected chi connectivity index (χ2v) is 7.10. The molecule has 0 spiro atoms. The molecule has 0 saturated heterocycles. The van der Waals surface area contributed by atoms with Crippen molar-refractivity contribution in [3.05, 3.63) is 33.6 Å². The SMILES string of the molecule is Cc1cc(C(C)NCC2CNc3ccnn3C2)c(C)s1. The lowest BCUT2D eigenvalue weighted by molar-refractivity contribution is 0.376. The number of anilines is 1. The molecule has 3 heterocycles. The van der Waals surface area contributed by atoms with Gasteiger partial charge < -0.3 is 10.6 Å². The Hall–Kier alpha value is -1.33. The number of rotatable bonds is 4. The molecule has 2 aromatic heterocycles. The highest BCUT2D eigenvalue weighted by atomic mass is 32.1. The minimum absolute atomic E-state index is 0.416. The lowest BCUT2D eigenvalue weighted by Gasteiger charge is -2.26. The smallest absolute Gasteiger partial charge is 0.124 e. The fraction of sp³-hybridized carbons (Fsp3) is 0.533. The summed E-state index contributed by atoms with van der Waals surface area (Å²) < 4.78 is 2.06. The topological polar surface area (TPSA) is 41.9 Å². The average Bonchev–Trinajstić information content (AvgIpc) is 3.01. The van der Waals surface area contributed by atoms with Crippen LogP contribution >= 0.6 is 11.3 Å². The van der Waals surface area contributed by atoms with Gasteiger partial charge in [0.15, 0.2) is 0 Å². The molecule has 1 aliphatic rings. The van der Waals surface area contributed by atoms with Gasteiger partial charge in [0.2, 0.25) is 0 Å². The molecule has 0 saturated carbocycles. The number of thiophene rings is 1. The first-order valence-corrected chi connectivity index (χ1v) is 8.01. The van der Waals surface area contributed by atoms with Crippen LogP contribution in [0.1, 0.15) is 28.3 Å². The molecule has 2 N–H and O–H groups in total. The monoisotopic (exact) mass is 290 g/mol. The minimum Gasteiger partial charge on any atom is -0.370 e. The van der Waals surface area contributed by atoms with Crippen molar-refractivity contribution < 1.29 is 0 Å². The van der Waals surface area contributed by atoms with E-state index in [0.29, 0.717) is 12.0 Å². The van der Waals surface area contributed by atoms with E-state index in [1.54, 1.807) is 0 Å². The fourth-order valence-corrected chi connectivity index (χ4v) is 3.88. The molecule has 0 aromatic carbocycles. The van der Waals surface area contributed by atoms with Gasteiger partial charge in [0, 0.05) is 47.4 Å².